The van der Waals surface area contributed by atoms with E-state index in [4.69, 9.17) is 4.55 Å². The molecule has 0 rings (SSSR count). The van der Waals surface area contributed by atoms with E-state index in [1.54, 1.807) is 0 Å². The van der Waals surface area contributed by atoms with Crippen LogP contribution < -0.4 is 0 Å². The van der Waals surface area contributed by atoms with E-state index in [9.17, 15) is 0 Å². The normalized spacial score (nSPS) is 1.50. The first-order valence-corrected chi connectivity index (χ1v) is 0.600. The van der Waals surface area contributed by atoms with Crippen molar-refractivity contribution < 1.29 is 83.1 Å². The van der Waals surface area contributed by atoms with Crippen LogP contribution in [0.15, 0.2) is 0 Å². The van der Waals surface area contributed by atoms with Crippen LogP contribution in [0, 0.1) is 78.6 Å². The van der Waals surface area contributed by atoms with E-state index in [2.05, 4.69) is 12.9 Å². The van der Waals surface area contributed by atoms with Crippen LogP contribution in [0.4, 0.5) is 0 Å². The Balaban J connectivity index is -0.00000000500. The van der Waals surface area contributed by atoms with E-state index < -0.39 is 0 Å². The predicted molar refractivity (Wildman–Crippen MR) is 11.6 cm³/mol. The van der Waals surface area contributed by atoms with Gasteiger partial charge in [0.2, 0.25) is 0 Å². The van der Waals surface area contributed by atoms with Crippen molar-refractivity contribution in [3.8, 4) is 0 Å². The Morgan fingerprint density at radius 3 is 1.25 bits per heavy atom. The molecule has 0 saturated carbocycles. The maximum Gasteiger partial charge on any atom is 0 e. The molecule has 0 unspecified atom stereocenters. The van der Waals surface area contributed by atoms with Crippen molar-refractivity contribution in [2.45, 2.75) is 0 Å². The molecular weight excluding hydrogens is 364 g/mol. The minimum atomic E-state index is 0. The largest absolute Gasteiger partial charge is 0.333 e. The molecule has 0 aliphatic rings. The molecule has 0 aliphatic heterocycles. The molecule has 0 atom stereocenters. The van der Waals surface area contributed by atoms with E-state index in [1.165, 1.54) is 0 Å². The van der Waals surface area contributed by atoms with Crippen molar-refractivity contribution in [2.24, 2.45) is 0 Å². The topological polar surface area (TPSA) is 20.2 Å². The van der Waals surface area contributed by atoms with Crippen molar-refractivity contribution in [3.63, 3.8) is 0 Å². The summed E-state index contributed by atoms with van der Waals surface area (Å²) in [6.45, 7) is 0. The van der Waals surface area contributed by atoms with Crippen LogP contribution in [0.2, 0.25) is 0 Å². The van der Waals surface area contributed by atoms with Gasteiger partial charge in [0.25, 0.3) is 0 Å². The zero-order valence-electron chi connectivity index (χ0n) is 1.58. The molecule has 0 aliphatic carbocycles. The fraction of sp³-hybridized carbons (Fsp3) is 0. The first-order chi connectivity index (χ1) is 1.00. The second-order valence-corrected chi connectivity index (χ2v) is 0. The van der Waals surface area contributed by atoms with Crippen LogP contribution >= 0.6 is 12.9 Å². The Hall–Kier alpha value is 2.92. The molecule has 0 spiro atoms. The Morgan fingerprint density at radius 2 is 1.25 bits per heavy atom. The summed E-state index contributed by atoms with van der Waals surface area (Å²) in [5.41, 5.74) is 0. The zero-order chi connectivity index (χ0) is 2.00. The van der Waals surface area contributed by atoms with E-state index in [-0.39, 0.29) is 78.6 Å². The molecule has 31 valence electrons. The van der Waals surface area contributed by atoms with Crippen LogP contribution in [0.5, 0.6) is 0 Å². The molecule has 0 heterocycles. The van der Waals surface area contributed by atoms with E-state index in [0.717, 1.165) is 0 Å². The van der Waals surface area contributed by atoms with Gasteiger partial charge in [-0.05, 0) is 12.9 Å². The minimum Gasteiger partial charge on any atom is -0.333 e. The average molecular weight is 366 g/mol. The third-order valence-corrected chi connectivity index (χ3v) is 0. The second kappa shape index (κ2) is 16.8. The third-order valence-electron chi connectivity index (χ3n) is 0. The van der Waals surface area contributed by atoms with Crippen molar-refractivity contribution in [2.75, 3.05) is 0 Å². The first-order valence-electron chi connectivity index (χ1n) is 0.200. The summed E-state index contributed by atoms with van der Waals surface area (Å²) in [4.78, 5) is 0. The van der Waals surface area contributed by atoms with Crippen molar-refractivity contribution in [1.82, 2.24) is 0 Å². The Labute approximate surface area is 93.7 Å². The number of thiol groups is 1. The molecule has 0 saturated heterocycles. The fourth-order valence-corrected chi connectivity index (χ4v) is 0. The number of rotatable bonds is 0. The van der Waals surface area contributed by atoms with Crippen molar-refractivity contribution in [3.05, 3.63) is 0 Å². The minimum absolute atomic E-state index is 0. The van der Waals surface area contributed by atoms with Crippen LogP contribution in [0.3, 0.4) is 0 Å². The molecule has 4 heavy (non-hydrogen) atoms. The quantitative estimate of drug-likeness (QED) is 0.470. The Kier molecular flexibility index (Phi) is 66.3. The van der Waals surface area contributed by atoms with Gasteiger partial charge in [0.15, 0.2) is 0 Å². The molecular formula is H2GdOSTb. The Morgan fingerprint density at radius 1 is 1.25 bits per heavy atom. The van der Waals surface area contributed by atoms with Gasteiger partial charge in [-0.2, -0.15) is 0 Å². The molecule has 0 aromatic rings. The van der Waals surface area contributed by atoms with E-state index in [0.29, 0.717) is 0 Å². The molecule has 1 radical (unpaired) electrons. The second-order valence-electron chi connectivity index (χ2n) is 0. The molecule has 0 fully saturated rings. The van der Waals surface area contributed by atoms with Gasteiger partial charge in [-0.3, -0.25) is 0 Å². The molecule has 0 amide bonds. The molecule has 4 heteroatoms. The summed E-state index contributed by atoms with van der Waals surface area (Å²) < 4.78 is 6.69. The molecule has 1 nitrogen and oxygen atoms in total. The summed E-state index contributed by atoms with van der Waals surface area (Å²) >= 11 is 2.53. The maximum atomic E-state index is 6.69. The first kappa shape index (κ1) is 15.8. The molecule has 0 aromatic carbocycles. The van der Waals surface area contributed by atoms with Gasteiger partial charge < -0.3 is 4.55 Å². The van der Waals surface area contributed by atoms with Crippen molar-refractivity contribution >= 4 is 12.9 Å². The molecule has 0 bridgehead atoms. The van der Waals surface area contributed by atoms with Crippen LogP contribution in [-0.4, -0.2) is 4.55 Å². The summed E-state index contributed by atoms with van der Waals surface area (Å²) in [6.07, 6.45) is 0. The van der Waals surface area contributed by atoms with Gasteiger partial charge in [-0.1, -0.05) is 0 Å². The SMILES string of the molecule is OS.[Gd].[Tb]. The van der Waals surface area contributed by atoms with E-state index in [1.807, 2.05) is 0 Å². The van der Waals surface area contributed by atoms with E-state index >= 15 is 0 Å². The number of hydrogen-bond acceptors (Lipinski definition) is 2. The summed E-state index contributed by atoms with van der Waals surface area (Å²) in [5, 5.41) is 0. The average Bonchev–Trinajstić information content (AvgIpc) is 1.00. The predicted octanol–water partition coefficient (Wildman–Crippen LogP) is 0.389. The summed E-state index contributed by atoms with van der Waals surface area (Å²) in [7, 11) is 0. The van der Waals surface area contributed by atoms with Gasteiger partial charge in [-0.15, -0.1) is 0 Å². The van der Waals surface area contributed by atoms with Gasteiger partial charge in [0, 0.05) is 78.6 Å². The zero-order valence-corrected chi connectivity index (χ0v) is 6.88. The summed E-state index contributed by atoms with van der Waals surface area (Å²) in [6, 6.07) is 0. The fourth-order valence-electron chi connectivity index (χ4n) is 0. The van der Waals surface area contributed by atoms with Crippen LogP contribution in [0.25, 0.3) is 0 Å². The van der Waals surface area contributed by atoms with Gasteiger partial charge in [0.1, 0.15) is 0 Å². The standard InChI is InChI=1S/Gd.H2OS.Tb/c;1-2;/h;1-2H;. The Bertz CT molecular complexity index is 8.00. The van der Waals surface area contributed by atoms with Crippen molar-refractivity contribution in [1.29, 1.82) is 0 Å². The van der Waals surface area contributed by atoms with Gasteiger partial charge in [-0.25, -0.2) is 0 Å². The van der Waals surface area contributed by atoms with Crippen LogP contribution in [-0.2, 0) is 0 Å². The smallest absolute Gasteiger partial charge is 0 e. The molecule has 1 N–H and O–H groups in total. The summed E-state index contributed by atoms with van der Waals surface area (Å²) in [5.74, 6) is 0. The monoisotopic (exact) mass is 367 g/mol. The molecule has 0 aromatic heterocycles. The van der Waals surface area contributed by atoms with Gasteiger partial charge >= 0.3 is 0 Å². The van der Waals surface area contributed by atoms with Crippen LogP contribution in [0.1, 0.15) is 0 Å². The third kappa shape index (κ3) is 8.87. The number of hydrogen-bond donors (Lipinski definition) is 2. The van der Waals surface area contributed by atoms with Gasteiger partial charge in [0.05, 0.1) is 0 Å². The maximum absolute atomic E-state index is 6.69.